The van der Waals surface area contributed by atoms with Crippen LogP contribution in [0.3, 0.4) is 0 Å². The average Bonchev–Trinajstić information content (AvgIpc) is 2.72. The minimum Gasteiger partial charge on any atom is -0.391 e. The second-order valence-electron chi connectivity index (χ2n) is 3.79. The number of nitrogens with zero attached hydrogens (tertiary/aromatic N) is 1. The van der Waals surface area contributed by atoms with Crippen LogP contribution in [-0.4, -0.2) is 48.3 Å². The first-order valence-electron chi connectivity index (χ1n) is 4.82. The number of rotatable bonds is 1. The van der Waals surface area contributed by atoms with Gasteiger partial charge in [-0.2, -0.15) is 0 Å². The van der Waals surface area contributed by atoms with Crippen molar-refractivity contribution >= 4 is 5.91 Å². The molecule has 0 spiro atoms. The van der Waals surface area contributed by atoms with Crippen LogP contribution in [0.5, 0.6) is 0 Å². The number of likely N-dealkylation sites (tertiary alicyclic amines) is 1. The van der Waals surface area contributed by atoms with Gasteiger partial charge in [0.15, 0.2) is 0 Å². The third-order valence-electron chi connectivity index (χ3n) is 2.75. The summed E-state index contributed by atoms with van der Waals surface area (Å²) in [6, 6.07) is 0. The van der Waals surface area contributed by atoms with Crippen LogP contribution in [-0.2, 0) is 9.53 Å². The number of amides is 1. The van der Waals surface area contributed by atoms with Crippen LogP contribution in [0.1, 0.15) is 12.8 Å². The molecule has 2 rings (SSSR count). The lowest BCUT2D eigenvalue weighted by atomic mass is 10.1. The maximum Gasteiger partial charge on any atom is 0.228 e. The van der Waals surface area contributed by atoms with Crippen molar-refractivity contribution in [2.24, 2.45) is 5.92 Å². The molecule has 2 saturated heterocycles. The molecular formula is C9H15NO3. The van der Waals surface area contributed by atoms with Gasteiger partial charge in [0.1, 0.15) is 0 Å². The third-order valence-corrected chi connectivity index (χ3v) is 2.75. The Bertz CT molecular complexity index is 201. The number of carbonyl (C=O) groups is 1. The van der Waals surface area contributed by atoms with Crippen LogP contribution in [0.4, 0.5) is 0 Å². The van der Waals surface area contributed by atoms with Gasteiger partial charge in [0.25, 0.3) is 0 Å². The fourth-order valence-corrected chi connectivity index (χ4v) is 1.93. The topological polar surface area (TPSA) is 49.8 Å². The molecule has 4 heteroatoms. The van der Waals surface area contributed by atoms with Gasteiger partial charge in [-0.1, -0.05) is 0 Å². The Morgan fingerprint density at radius 1 is 1.46 bits per heavy atom. The van der Waals surface area contributed by atoms with E-state index in [1.807, 2.05) is 0 Å². The Balaban J connectivity index is 1.89. The molecule has 74 valence electrons. The summed E-state index contributed by atoms with van der Waals surface area (Å²) in [4.78, 5) is 13.5. The lowest BCUT2D eigenvalue weighted by Gasteiger charge is -2.18. The minimum absolute atomic E-state index is 0.0466. The van der Waals surface area contributed by atoms with Crippen molar-refractivity contribution in [3.05, 3.63) is 0 Å². The summed E-state index contributed by atoms with van der Waals surface area (Å²) in [5.41, 5.74) is 0. The zero-order chi connectivity index (χ0) is 9.26. The van der Waals surface area contributed by atoms with Crippen molar-refractivity contribution in [2.75, 3.05) is 26.3 Å². The van der Waals surface area contributed by atoms with Gasteiger partial charge in [0.05, 0.1) is 18.6 Å². The Morgan fingerprint density at radius 3 is 2.85 bits per heavy atom. The number of aliphatic hydroxyl groups excluding tert-OH is 1. The highest BCUT2D eigenvalue weighted by Gasteiger charge is 2.31. The molecule has 2 aliphatic rings. The van der Waals surface area contributed by atoms with Crippen LogP contribution in [0.2, 0.25) is 0 Å². The van der Waals surface area contributed by atoms with Crippen molar-refractivity contribution in [2.45, 2.75) is 18.9 Å². The average molecular weight is 185 g/mol. The Kier molecular flexibility index (Phi) is 2.51. The molecule has 0 aliphatic carbocycles. The predicted molar refractivity (Wildman–Crippen MR) is 46.1 cm³/mol. The fraction of sp³-hybridized carbons (Fsp3) is 0.889. The van der Waals surface area contributed by atoms with Crippen molar-refractivity contribution in [3.63, 3.8) is 0 Å². The zero-order valence-electron chi connectivity index (χ0n) is 7.61. The molecule has 2 fully saturated rings. The SMILES string of the molecule is O=C(C1CCOC1)N1CC[C@H](O)C1. The largest absolute Gasteiger partial charge is 0.391 e. The summed E-state index contributed by atoms with van der Waals surface area (Å²) in [5, 5.41) is 9.27. The Hall–Kier alpha value is -0.610. The molecule has 1 N–H and O–H groups in total. The molecule has 2 aliphatic heterocycles. The highest BCUT2D eigenvalue weighted by atomic mass is 16.5. The molecule has 2 atom stereocenters. The van der Waals surface area contributed by atoms with Gasteiger partial charge >= 0.3 is 0 Å². The van der Waals surface area contributed by atoms with Crippen LogP contribution in [0.25, 0.3) is 0 Å². The number of β-amino-alcohol motifs (C(OH)–C–C–N with tert-alkyl or cyclic N) is 1. The molecule has 13 heavy (non-hydrogen) atoms. The highest BCUT2D eigenvalue weighted by Crippen LogP contribution is 2.18. The quantitative estimate of drug-likeness (QED) is 0.605. The third kappa shape index (κ3) is 1.84. The first-order valence-corrected chi connectivity index (χ1v) is 4.82. The summed E-state index contributed by atoms with van der Waals surface area (Å²) in [6.07, 6.45) is 1.25. The standard InChI is InChI=1S/C9H15NO3/c11-8-1-3-10(5-8)9(12)7-2-4-13-6-7/h7-8,11H,1-6H2/t7?,8-/m0/s1. The molecule has 0 saturated carbocycles. The lowest BCUT2D eigenvalue weighted by Crippen LogP contribution is -2.35. The molecular weight excluding hydrogens is 170 g/mol. The molecule has 0 radical (unpaired) electrons. The zero-order valence-corrected chi connectivity index (χ0v) is 7.61. The molecule has 0 aromatic carbocycles. The minimum atomic E-state index is -0.314. The van der Waals surface area contributed by atoms with Crippen LogP contribution in [0.15, 0.2) is 0 Å². The smallest absolute Gasteiger partial charge is 0.228 e. The van der Waals surface area contributed by atoms with Crippen LogP contribution in [0, 0.1) is 5.92 Å². The summed E-state index contributed by atoms with van der Waals surface area (Å²) in [6.45, 7) is 2.48. The van der Waals surface area contributed by atoms with E-state index in [9.17, 15) is 9.90 Å². The number of ether oxygens (including phenoxy) is 1. The van der Waals surface area contributed by atoms with E-state index in [0.717, 1.165) is 12.8 Å². The second kappa shape index (κ2) is 3.64. The maximum absolute atomic E-state index is 11.7. The van der Waals surface area contributed by atoms with E-state index in [-0.39, 0.29) is 17.9 Å². The van der Waals surface area contributed by atoms with Gasteiger partial charge in [-0.15, -0.1) is 0 Å². The molecule has 1 amide bonds. The number of hydrogen-bond donors (Lipinski definition) is 1. The van der Waals surface area contributed by atoms with Crippen molar-refractivity contribution < 1.29 is 14.6 Å². The van der Waals surface area contributed by atoms with E-state index in [1.54, 1.807) is 4.90 Å². The Labute approximate surface area is 77.5 Å². The number of aliphatic hydroxyl groups is 1. The monoisotopic (exact) mass is 185 g/mol. The van der Waals surface area contributed by atoms with E-state index in [4.69, 9.17) is 4.74 Å². The van der Waals surface area contributed by atoms with E-state index in [0.29, 0.717) is 26.3 Å². The van der Waals surface area contributed by atoms with E-state index in [2.05, 4.69) is 0 Å². The number of carbonyl (C=O) groups excluding carboxylic acids is 1. The van der Waals surface area contributed by atoms with E-state index >= 15 is 0 Å². The highest BCUT2D eigenvalue weighted by molar-refractivity contribution is 5.79. The van der Waals surface area contributed by atoms with Gasteiger partial charge < -0.3 is 14.7 Å². The van der Waals surface area contributed by atoms with Gasteiger partial charge in [-0.05, 0) is 12.8 Å². The first kappa shape index (κ1) is 8.97. The summed E-state index contributed by atoms with van der Waals surface area (Å²) in [5.74, 6) is 0.208. The summed E-state index contributed by atoms with van der Waals surface area (Å²) < 4.78 is 5.15. The van der Waals surface area contributed by atoms with Crippen molar-refractivity contribution in [3.8, 4) is 0 Å². The first-order chi connectivity index (χ1) is 6.27. The van der Waals surface area contributed by atoms with Gasteiger partial charge in [0.2, 0.25) is 5.91 Å². The second-order valence-corrected chi connectivity index (χ2v) is 3.79. The predicted octanol–water partition coefficient (Wildman–Crippen LogP) is -0.384. The maximum atomic E-state index is 11.7. The van der Waals surface area contributed by atoms with Crippen molar-refractivity contribution in [1.29, 1.82) is 0 Å². The van der Waals surface area contributed by atoms with Crippen molar-refractivity contribution in [1.82, 2.24) is 4.90 Å². The molecule has 1 unspecified atom stereocenters. The fourth-order valence-electron chi connectivity index (χ4n) is 1.93. The summed E-state index contributed by atoms with van der Waals surface area (Å²) in [7, 11) is 0. The van der Waals surface area contributed by atoms with E-state index < -0.39 is 0 Å². The molecule has 0 aromatic heterocycles. The molecule has 4 nitrogen and oxygen atoms in total. The lowest BCUT2D eigenvalue weighted by molar-refractivity contribution is -0.134. The normalized spacial score (nSPS) is 34.1. The van der Waals surface area contributed by atoms with Crippen LogP contribution < -0.4 is 0 Å². The Morgan fingerprint density at radius 2 is 2.31 bits per heavy atom. The molecule has 2 heterocycles. The molecule has 0 bridgehead atoms. The van der Waals surface area contributed by atoms with Crippen LogP contribution >= 0.6 is 0 Å². The molecule has 0 aromatic rings. The van der Waals surface area contributed by atoms with E-state index in [1.165, 1.54) is 0 Å². The van der Waals surface area contributed by atoms with Gasteiger partial charge in [-0.3, -0.25) is 4.79 Å². The van der Waals surface area contributed by atoms with Gasteiger partial charge in [-0.25, -0.2) is 0 Å². The summed E-state index contributed by atoms with van der Waals surface area (Å²) >= 11 is 0. The van der Waals surface area contributed by atoms with Gasteiger partial charge in [0, 0.05) is 19.7 Å². The number of hydrogen-bond acceptors (Lipinski definition) is 3.